The molecule has 2 aromatic rings. The van der Waals surface area contributed by atoms with Crippen LogP contribution in [0, 0.1) is 0 Å². The van der Waals surface area contributed by atoms with Gasteiger partial charge in [0.25, 0.3) is 10.1 Å². The molecule has 116 valence electrons. The summed E-state index contributed by atoms with van der Waals surface area (Å²) in [6.45, 7) is 0. The second-order valence-electron chi connectivity index (χ2n) is 4.19. The first-order chi connectivity index (χ1) is 9.84. The SMILES string of the molecule is COc1cc(O)c(C(=O)c2ccccc2)cc1S(=O)(=O)O.[PbH2]. The molecule has 0 bridgehead atoms. The monoisotopic (exact) mass is 518 g/mol. The number of rotatable bonds is 4. The predicted octanol–water partition coefficient (Wildman–Crippen LogP) is 0.962. The molecule has 0 aromatic heterocycles. The van der Waals surface area contributed by atoms with E-state index in [0.29, 0.717) is 0 Å². The second-order valence-corrected chi connectivity index (χ2v) is 5.58. The molecule has 0 saturated carbocycles. The van der Waals surface area contributed by atoms with Gasteiger partial charge in [0.05, 0.1) is 12.7 Å². The van der Waals surface area contributed by atoms with E-state index >= 15 is 0 Å². The van der Waals surface area contributed by atoms with E-state index in [1.165, 1.54) is 19.2 Å². The number of carbonyl (C=O) groups excluding carboxylic acids is 1. The number of phenols is 1. The molecule has 2 N–H and O–H groups in total. The summed E-state index contributed by atoms with van der Waals surface area (Å²) in [5, 5.41) is 9.87. The van der Waals surface area contributed by atoms with Crippen molar-refractivity contribution in [1.82, 2.24) is 0 Å². The van der Waals surface area contributed by atoms with Crippen molar-refractivity contribution in [3.63, 3.8) is 0 Å². The molecular weight excluding hydrogens is 503 g/mol. The van der Waals surface area contributed by atoms with Crippen molar-refractivity contribution in [2.75, 3.05) is 7.11 Å². The molecule has 0 spiro atoms. The van der Waals surface area contributed by atoms with Crippen LogP contribution in [0.4, 0.5) is 0 Å². The second kappa shape index (κ2) is 7.20. The molecule has 0 atom stereocenters. The van der Waals surface area contributed by atoms with E-state index in [1.807, 2.05) is 0 Å². The van der Waals surface area contributed by atoms with Crippen molar-refractivity contribution in [2.24, 2.45) is 0 Å². The van der Waals surface area contributed by atoms with E-state index in [4.69, 9.17) is 9.29 Å². The fourth-order valence-corrected chi connectivity index (χ4v) is 2.50. The first kappa shape index (κ1) is 18.6. The number of methoxy groups -OCH3 is 1. The van der Waals surface area contributed by atoms with Crippen LogP contribution in [0.25, 0.3) is 0 Å². The van der Waals surface area contributed by atoms with Gasteiger partial charge in [-0.3, -0.25) is 9.35 Å². The summed E-state index contributed by atoms with van der Waals surface area (Å²) >= 11 is 0. The molecule has 6 nitrogen and oxygen atoms in total. The van der Waals surface area contributed by atoms with Crippen LogP contribution in [0.5, 0.6) is 11.5 Å². The van der Waals surface area contributed by atoms with Crippen LogP contribution in [-0.2, 0) is 10.1 Å². The van der Waals surface area contributed by atoms with Crippen molar-refractivity contribution in [1.29, 1.82) is 0 Å². The first-order valence-electron chi connectivity index (χ1n) is 5.83. The Kier molecular flexibility index (Phi) is 6.09. The van der Waals surface area contributed by atoms with Gasteiger partial charge in [-0.05, 0) is 6.07 Å². The molecule has 2 aromatic carbocycles. The van der Waals surface area contributed by atoms with Crippen LogP contribution < -0.4 is 4.74 Å². The molecular formula is C14H14O6PbS. The zero-order chi connectivity index (χ0) is 15.6. The van der Waals surface area contributed by atoms with Crippen LogP contribution in [0.3, 0.4) is 0 Å². The normalized spacial score (nSPS) is 10.6. The number of ether oxygens (including phenoxy) is 1. The Morgan fingerprint density at radius 1 is 1.14 bits per heavy atom. The summed E-state index contributed by atoms with van der Waals surface area (Å²) in [7, 11) is -3.41. The molecule has 2 radical (unpaired) electrons. The fraction of sp³-hybridized carbons (Fsp3) is 0.0714. The van der Waals surface area contributed by atoms with Crippen LogP contribution in [0.2, 0.25) is 0 Å². The van der Waals surface area contributed by atoms with Gasteiger partial charge in [-0.15, -0.1) is 0 Å². The molecule has 0 aliphatic carbocycles. The van der Waals surface area contributed by atoms with E-state index < -0.39 is 26.5 Å². The number of hydrogen-bond acceptors (Lipinski definition) is 5. The maximum absolute atomic E-state index is 12.3. The average molecular weight is 518 g/mol. The summed E-state index contributed by atoms with van der Waals surface area (Å²) < 4.78 is 36.6. The van der Waals surface area contributed by atoms with Crippen molar-refractivity contribution < 1.29 is 27.6 Å². The molecule has 2 rings (SSSR count). The predicted molar refractivity (Wildman–Crippen MR) is 82.9 cm³/mol. The van der Waals surface area contributed by atoms with E-state index in [1.54, 1.807) is 18.2 Å². The third-order valence-electron chi connectivity index (χ3n) is 2.84. The molecule has 8 heteroatoms. The Morgan fingerprint density at radius 3 is 2.23 bits per heavy atom. The van der Waals surface area contributed by atoms with Crippen LogP contribution in [0.15, 0.2) is 47.4 Å². The quantitative estimate of drug-likeness (QED) is 0.356. The van der Waals surface area contributed by atoms with Gasteiger partial charge in [0.1, 0.15) is 16.4 Å². The standard InChI is InChI=1S/C14H12O6S.Pb.2H/c1-20-12-8-11(15)10(7-13(12)21(17,18)19)14(16)9-5-3-2-4-6-9;;;/h2-8,15H,1H3,(H,17,18,19);;;. The summed E-state index contributed by atoms with van der Waals surface area (Å²) in [5.41, 5.74) is 0.0360. The average Bonchev–Trinajstić information content (AvgIpc) is 2.45. The fourth-order valence-electron chi connectivity index (χ4n) is 1.84. The Bertz CT molecular complexity index is 786. The molecule has 0 aliphatic rings. The zero-order valence-electron chi connectivity index (χ0n) is 11.7. The molecule has 0 aliphatic heterocycles. The van der Waals surface area contributed by atoms with Crippen molar-refractivity contribution >= 4 is 43.2 Å². The van der Waals surface area contributed by atoms with E-state index in [-0.39, 0.29) is 44.2 Å². The molecule has 0 saturated heterocycles. The van der Waals surface area contributed by atoms with Gasteiger partial charge in [0.2, 0.25) is 0 Å². The van der Waals surface area contributed by atoms with Crippen LogP contribution in [0.1, 0.15) is 15.9 Å². The molecule has 0 heterocycles. The minimum atomic E-state index is -4.59. The van der Waals surface area contributed by atoms with E-state index in [0.717, 1.165) is 12.1 Å². The van der Waals surface area contributed by atoms with Gasteiger partial charge < -0.3 is 9.84 Å². The maximum atomic E-state index is 12.3. The number of ketones is 1. The summed E-state index contributed by atoms with van der Waals surface area (Å²) in [6, 6.07) is 9.90. The molecule has 22 heavy (non-hydrogen) atoms. The number of benzene rings is 2. The number of phenolic OH excluding ortho intramolecular Hbond substituents is 1. The number of carbonyl (C=O) groups is 1. The number of hydrogen-bond donors (Lipinski definition) is 2. The van der Waals surface area contributed by atoms with Crippen molar-refractivity contribution in [3.8, 4) is 11.5 Å². The van der Waals surface area contributed by atoms with Crippen LogP contribution in [-0.4, -0.2) is 58.3 Å². The van der Waals surface area contributed by atoms with Gasteiger partial charge in [0.15, 0.2) is 5.78 Å². The minimum absolute atomic E-state index is 0. The van der Waals surface area contributed by atoms with Crippen LogP contribution >= 0.6 is 0 Å². The topological polar surface area (TPSA) is 101 Å². The number of aromatic hydroxyl groups is 1. The third-order valence-corrected chi connectivity index (χ3v) is 3.72. The van der Waals surface area contributed by atoms with Crippen molar-refractivity contribution in [2.45, 2.75) is 4.90 Å². The van der Waals surface area contributed by atoms with E-state index in [2.05, 4.69) is 0 Å². The van der Waals surface area contributed by atoms with E-state index in [9.17, 15) is 18.3 Å². The third kappa shape index (κ3) is 3.84. The zero-order valence-corrected chi connectivity index (χ0v) is 18.0. The Morgan fingerprint density at radius 2 is 1.73 bits per heavy atom. The summed E-state index contributed by atoms with van der Waals surface area (Å²) in [4.78, 5) is 11.7. The Balaban J connectivity index is 0.00000242. The molecule has 0 unspecified atom stereocenters. The van der Waals surface area contributed by atoms with Gasteiger partial charge in [-0.1, -0.05) is 30.3 Å². The van der Waals surface area contributed by atoms with Crippen molar-refractivity contribution in [3.05, 3.63) is 53.6 Å². The summed E-state index contributed by atoms with van der Waals surface area (Å²) in [6.07, 6.45) is 0. The summed E-state index contributed by atoms with van der Waals surface area (Å²) in [5.74, 6) is -1.26. The molecule has 0 amide bonds. The molecule has 0 fully saturated rings. The van der Waals surface area contributed by atoms with Gasteiger partial charge >= 0.3 is 27.3 Å². The Labute approximate surface area is 147 Å². The van der Waals surface area contributed by atoms with Gasteiger partial charge in [-0.2, -0.15) is 8.42 Å². The Hall–Kier alpha value is -1.46. The van der Waals surface area contributed by atoms with Gasteiger partial charge in [0, 0.05) is 11.6 Å². The first-order valence-corrected chi connectivity index (χ1v) is 7.27. The van der Waals surface area contributed by atoms with Gasteiger partial charge in [-0.25, -0.2) is 0 Å².